The van der Waals surface area contributed by atoms with Crippen molar-refractivity contribution in [3.63, 3.8) is 0 Å². The minimum Gasteiger partial charge on any atom is -0.450 e. The van der Waals surface area contributed by atoms with Gasteiger partial charge in [0.15, 0.2) is 5.13 Å². The van der Waals surface area contributed by atoms with Crippen LogP contribution in [0.2, 0.25) is 0 Å². The van der Waals surface area contributed by atoms with E-state index >= 15 is 0 Å². The Labute approximate surface area is 152 Å². The molecule has 2 aromatic rings. The number of carbonyl (C=O) groups excluding carboxylic acids is 2. The van der Waals surface area contributed by atoms with E-state index < -0.39 is 11.0 Å². The van der Waals surface area contributed by atoms with Gasteiger partial charge in [-0.25, -0.2) is 9.78 Å². The average Bonchev–Trinajstić information content (AvgIpc) is 3.02. The van der Waals surface area contributed by atoms with E-state index in [1.54, 1.807) is 17.9 Å². The summed E-state index contributed by atoms with van der Waals surface area (Å²) in [5.41, 5.74) is 0.995. The first-order chi connectivity index (χ1) is 12.5. The third-order valence-corrected chi connectivity index (χ3v) is 4.80. The van der Waals surface area contributed by atoms with E-state index in [9.17, 15) is 19.7 Å². The highest BCUT2D eigenvalue weighted by atomic mass is 32.1. The molecule has 136 valence electrons. The number of nitrogens with zero attached hydrogens (tertiary/aromatic N) is 3. The summed E-state index contributed by atoms with van der Waals surface area (Å²) < 4.78 is 4.82. The first-order valence-electron chi connectivity index (χ1n) is 7.94. The molecule has 3 rings (SSSR count). The Balaban J connectivity index is 1.72. The van der Waals surface area contributed by atoms with Crippen molar-refractivity contribution in [1.29, 1.82) is 0 Å². The maximum absolute atomic E-state index is 12.7. The molecule has 2 heterocycles. The lowest BCUT2D eigenvalue weighted by atomic mass is 10.1. The smallest absolute Gasteiger partial charge is 0.413 e. The summed E-state index contributed by atoms with van der Waals surface area (Å²) in [6.07, 6.45) is -0.0140. The van der Waals surface area contributed by atoms with Crippen LogP contribution in [0.1, 0.15) is 27.9 Å². The fourth-order valence-electron chi connectivity index (χ4n) is 2.61. The number of non-ortho nitro benzene ring substituents is 1. The van der Waals surface area contributed by atoms with Crippen LogP contribution in [0, 0.1) is 10.1 Å². The van der Waals surface area contributed by atoms with Crippen LogP contribution in [0.15, 0.2) is 24.3 Å². The Kier molecular flexibility index (Phi) is 5.12. The molecule has 0 fully saturated rings. The molecule has 1 aromatic heterocycles. The summed E-state index contributed by atoms with van der Waals surface area (Å²) in [6, 6.07) is 5.68. The highest BCUT2D eigenvalue weighted by molar-refractivity contribution is 7.15. The SMILES string of the molecule is CCOC(=O)Nc1nc2c(s1)CN(C(=O)c1cccc([N+](=O)[O-])c1)CC2. The van der Waals surface area contributed by atoms with Crippen molar-refractivity contribution in [2.45, 2.75) is 19.9 Å². The monoisotopic (exact) mass is 376 g/mol. The summed E-state index contributed by atoms with van der Waals surface area (Å²) in [4.78, 5) is 41.3. The molecule has 0 spiro atoms. The number of hydrogen-bond acceptors (Lipinski definition) is 7. The van der Waals surface area contributed by atoms with Crippen LogP contribution in [0.25, 0.3) is 0 Å². The molecule has 10 heteroatoms. The van der Waals surface area contributed by atoms with Gasteiger partial charge < -0.3 is 9.64 Å². The number of carbonyl (C=O) groups is 2. The lowest BCUT2D eigenvalue weighted by Crippen LogP contribution is -2.35. The molecule has 2 amide bonds. The molecule has 0 atom stereocenters. The Bertz CT molecular complexity index is 866. The van der Waals surface area contributed by atoms with Crippen LogP contribution in [0.3, 0.4) is 0 Å². The van der Waals surface area contributed by atoms with E-state index in [4.69, 9.17) is 4.74 Å². The Morgan fingerprint density at radius 3 is 3.00 bits per heavy atom. The van der Waals surface area contributed by atoms with E-state index in [1.165, 1.54) is 29.5 Å². The molecule has 1 aliphatic heterocycles. The number of hydrogen-bond donors (Lipinski definition) is 1. The van der Waals surface area contributed by atoms with Gasteiger partial charge in [0, 0.05) is 35.5 Å². The molecule has 0 bridgehead atoms. The molecule has 0 radical (unpaired) electrons. The molecule has 0 aliphatic carbocycles. The van der Waals surface area contributed by atoms with Crippen LogP contribution in [0.5, 0.6) is 0 Å². The van der Waals surface area contributed by atoms with Crippen molar-refractivity contribution in [3.05, 3.63) is 50.5 Å². The first-order valence-corrected chi connectivity index (χ1v) is 8.75. The quantitative estimate of drug-likeness (QED) is 0.648. The normalized spacial score (nSPS) is 13.0. The predicted molar refractivity (Wildman–Crippen MR) is 94.3 cm³/mol. The number of benzene rings is 1. The Morgan fingerprint density at radius 1 is 1.46 bits per heavy atom. The van der Waals surface area contributed by atoms with Crippen molar-refractivity contribution in [2.75, 3.05) is 18.5 Å². The van der Waals surface area contributed by atoms with E-state index in [1.807, 2.05) is 0 Å². The molecule has 1 aliphatic rings. The van der Waals surface area contributed by atoms with Crippen molar-refractivity contribution < 1.29 is 19.2 Å². The van der Waals surface area contributed by atoms with Gasteiger partial charge in [0.1, 0.15) is 0 Å². The van der Waals surface area contributed by atoms with Gasteiger partial charge in [-0.15, -0.1) is 0 Å². The minimum absolute atomic E-state index is 0.118. The van der Waals surface area contributed by atoms with E-state index in [0.717, 1.165) is 10.6 Å². The minimum atomic E-state index is -0.567. The largest absolute Gasteiger partial charge is 0.450 e. The summed E-state index contributed by atoms with van der Waals surface area (Å²) in [6.45, 7) is 2.78. The number of ether oxygens (including phenoxy) is 1. The number of anilines is 1. The Morgan fingerprint density at radius 2 is 2.27 bits per heavy atom. The molecule has 26 heavy (non-hydrogen) atoms. The third kappa shape index (κ3) is 3.80. The maximum atomic E-state index is 12.7. The summed E-state index contributed by atoms with van der Waals surface area (Å²) in [5.74, 6) is -0.271. The van der Waals surface area contributed by atoms with Crippen LogP contribution in [0.4, 0.5) is 15.6 Å². The number of nitro benzene ring substituents is 1. The highest BCUT2D eigenvalue weighted by Gasteiger charge is 2.26. The summed E-state index contributed by atoms with van der Waals surface area (Å²) in [7, 11) is 0. The number of thiazole rings is 1. The number of amides is 2. The molecular weight excluding hydrogens is 360 g/mol. The first kappa shape index (κ1) is 17.8. The number of nitro groups is 1. The van der Waals surface area contributed by atoms with Gasteiger partial charge in [-0.2, -0.15) is 0 Å². The third-order valence-electron chi connectivity index (χ3n) is 3.81. The fraction of sp³-hybridized carbons (Fsp3) is 0.312. The second kappa shape index (κ2) is 7.48. The zero-order valence-corrected chi connectivity index (χ0v) is 14.7. The Hall–Kier alpha value is -3.01. The van der Waals surface area contributed by atoms with Crippen molar-refractivity contribution in [2.24, 2.45) is 0 Å². The molecule has 0 unspecified atom stereocenters. The van der Waals surface area contributed by atoms with E-state index in [2.05, 4.69) is 10.3 Å². The molecule has 0 saturated carbocycles. The lowest BCUT2D eigenvalue weighted by molar-refractivity contribution is -0.384. The van der Waals surface area contributed by atoms with E-state index in [-0.39, 0.29) is 23.8 Å². The topological polar surface area (TPSA) is 115 Å². The second-order valence-electron chi connectivity index (χ2n) is 5.52. The molecule has 1 aromatic carbocycles. The van der Waals surface area contributed by atoms with Crippen LogP contribution < -0.4 is 5.32 Å². The number of nitrogens with one attached hydrogen (secondary N) is 1. The van der Waals surface area contributed by atoms with Crippen molar-refractivity contribution >= 4 is 34.2 Å². The highest BCUT2D eigenvalue weighted by Crippen LogP contribution is 2.29. The zero-order chi connectivity index (χ0) is 18.7. The van der Waals surface area contributed by atoms with Gasteiger partial charge >= 0.3 is 6.09 Å². The maximum Gasteiger partial charge on any atom is 0.413 e. The van der Waals surface area contributed by atoms with Gasteiger partial charge in [0.25, 0.3) is 11.6 Å². The predicted octanol–water partition coefficient (Wildman–Crippen LogP) is 2.82. The summed E-state index contributed by atoms with van der Waals surface area (Å²) in [5, 5.41) is 13.9. The molecule has 1 N–H and O–H groups in total. The van der Waals surface area contributed by atoms with E-state index in [0.29, 0.717) is 24.6 Å². The number of fused-ring (bicyclic) bond motifs is 1. The van der Waals surface area contributed by atoms with Gasteiger partial charge in [0.05, 0.1) is 23.8 Å². The van der Waals surface area contributed by atoms with Crippen LogP contribution in [-0.4, -0.2) is 40.0 Å². The molecule has 9 nitrogen and oxygen atoms in total. The van der Waals surface area contributed by atoms with Gasteiger partial charge in [0.2, 0.25) is 0 Å². The fourth-order valence-corrected chi connectivity index (χ4v) is 3.62. The van der Waals surface area contributed by atoms with Crippen LogP contribution in [-0.2, 0) is 17.7 Å². The van der Waals surface area contributed by atoms with Gasteiger partial charge in [-0.3, -0.25) is 20.2 Å². The second-order valence-corrected chi connectivity index (χ2v) is 6.60. The molecular formula is C16H16N4O5S. The van der Waals surface area contributed by atoms with Crippen LogP contribution >= 0.6 is 11.3 Å². The van der Waals surface area contributed by atoms with Crippen molar-refractivity contribution in [3.8, 4) is 0 Å². The standard InChI is InChI=1S/C16H16N4O5S/c1-2-25-16(22)18-15-17-12-6-7-19(9-13(12)26-15)14(21)10-4-3-5-11(8-10)20(23)24/h3-5,8H,2,6-7,9H2,1H3,(H,17,18,22). The summed E-state index contributed by atoms with van der Waals surface area (Å²) >= 11 is 1.29. The average molecular weight is 376 g/mol. The van der Waals surface area contributed by atoms with Gasteiger partial charge in [-0.05, 0) is 13.0 Å². The lowest BCUT2D eigenvalue weighted by Gasteiger charge is -2.26. The number of aromatic nitrogens is 1. The zero-order valence-electron chi connectivity index (χ0n) is 13.9. The molecule has 0 saturated heterocycles. The number of rotatable bonds is 4. The van der Waals surface area contributed by atoms with Gasteiger partial charge in [-0.1, -0.05) is 17.4 Å². The van der Waals surface area contributed by atoms with Crippen molar-refractivity contribution in [1.82, 2.24) is 9.88 Å².